The summed E-state index contributed by atoms with van der Waals surface area (Å²) in [7, 11) is 0. The molecule has 3 fully saturated rings. The predicted octanol–water partition coefficient (Wildman–Crippen LogP) is 4.08. The molecule has 1 unspecified atom stereocenters. The lowest BCUT2D eigenvalue weighted by molar-refractivity contribution is -0.161. The van der Waals surface area contributed by atoms with E-state index in [1.54, 1.807) is 6.92 Å². The van der Waals surface area contributed by atoms with E-state index in [-0.39, 0.29) is 16.6 Å². The largest absolute Gasteiger partial charge is 0.382 e. The van der Waals surface area contributed by atoms with Crippen LogP contribution in [0.1, 0.15) is 72.6 Å². The highest BCUT2D eigenvalue weighted by Crippen LogP contribution is 2.68. The molecular weight excluding hydrogens is 312 g/mol. The molecule has 4 aliphatic rings. The van der Waals surface area contributed by atoms with Crippen molar-refractivity contribution in [2.75, 3.05) is 0 Å². The maximum Gasteiger partial charge on any atom is 0.161 e. The number of carbonyl (C=O) groups excluding carboxylic acids is 2. The number of hydrogen-bond donors (Lipinski definition) is 1. The van der Waals surface area contributed by atoms with Crippen molar-refractivity contribution in [3.8, 4) is 0 Å². The third-order valence-electron chi connectivity index (χ3n) is 9.01. The molecule has 0 amide bonds. The van der Waals surface area contributed by atoms with Crippen LogP contribution in [0.25, 0.3) is 0 Å². The van der Waals surface area contributed by atoms with Crippen LogP contribution in [-0.2, 0) is 9.59 Å². The molecule has 0 spiro atoms. The lowest BCUT2D eigenvalue weighted by Crippen LogP contribution is -2.57. The van der Waals surface area contributed by atoms with Crippen molar-refractivity contribution in [3.05, 3.63) is 11.6 Å². The average Bonchev–Trinajstić information content (AvgIpc) is 2.83. The Morgan fingerprint density at radius 2 is 1.84 bits per heavy atom. The van der Waals surface area contributed by atoms with Crippen LogP contribution in [0.2, 0.25) is 0 Å². The van der Waals surface area contributed by atoms with Gasteiger partial charge in [-0.05, 0) is 80.6 Å². The topological polar surface area (TPSA) is 54.4 Å². The van der Waals surface area contributed by atoms with E-state index < -0.39 is 5.60 Å². The van der Waals surface area contributed by atoms with Gasteiger partial charge >= 0.3 is 0 Å². The van der Waals surface area contributed by atoms with Crippen LogP contribution in [0.15, 0.2) is 11.6 Å². The van der Waals surface area contributed by atoms with Crippen LogP contribution >= 0.6 is 0 Å². The first kappa shape index (κ1) is 17.5. The smallest absolute Gasteiger partial charge is 0.161 e. The SMILES string of the molecule is CC(=O)[C@]1(O)CC[C@H]2[C@H]3CC(C)C4=CC(=O)CC[C@]4(C)[C@H]3CC[C@@]21C. The average molecular weight is 344 g/mol. The maximum absolute atomic E-state index is 12.3. The Morgan fingerprint density at radius 3 is 2.52 bits per heavy atom. The fourth-order valence-corrected chi connectivity index (χ4v) is 7.58. The van der Waals surface area contributed by atoms with Gasteiger partial charge in [0.1, 0.15) is 5.60 Å². The van der Waals surface area contributed by atoms with E-state index in [4.69, 9.17) is 0 Å². The van der Waals surface area contributed by atoms with Crippen LogP contribution in [-0.4, -0.2) is 22.3 Å². The van der Waals surface area contributed by atoms with Gasteiger partial charge in [-0.1, -0.05) is 26.3 Å². The van der Waals surface area contributed by atoms with Gasteiger partial charge in [0.05, 0.1) is 0 Å². The van der Waals surface area contributed by atoms with Gasteiger partial charge in [0.25, 0.3) is 0 Å². The summed E-state index contributed by atoms with van der Waals surface area (Å²) in [5, 5.41) is 11.2. The molecule has 138 valence electrons. The highest BCUT2D eigenvalue weighted by molar-refractivity contribution is 5.91. The monoisotopic (exact) mass is 344 g/mol. The van der Waals surface area contributed by atoms with Crippen molar-refractivity contribution >= 4 is 11.6 Å². The molecule has 0 radical (unpaired) electrons. The quantitative estimate of drug-likeness (QED) is 0.779. The van der Waals surface area contributed by atoms with Crippen LogP contribution in [0, 0.1) is 34.5 Å². The van der Waals surface area contributed by atoms with Crippen LogP contribution < -0.4 is 0 Å². The number of Topliss-reactive ketones (excluding diaryl/α,β-unsaturated/α-hetero) is 1. The van der Waals surface area contributed by atoms with Gasteiger partial charge < -0.3 is 5.11 Å². The second-order valence-electron chi connectivity index (χ2n) is 9.91. The van der Waals surface area contributed by atoms with Gasteiger partial charge in [0.15, 0.2) is 11.6 Å². The zero-order valence-corrected chi connectivity index (χ0v) is 16.1. The Morgan fingerprint density at radius 1 is 1.16 bits per heavy atom. The number of rotatable bonds is 1. The third-order valence-corrected chi connectivity index (χ3v) is 9.01. The Hall–Kier alpha value is -0.960. The molecule has 4 rings (SSSR count). The van der Waals surface area contributed by atoms with Crippen molar-refractivity contribution in [1.29, 1.82) is 0 Å². The maximum atomic E-state index is 12.3. The van der Waals surface area contributed by atoms with Crippen molar-refractivity contribution in [2.45, 2.75) is 78.2 Å². The van der Waals surface area contributed by atoms with Gasteiger partial charge in [0.2, 0.25) is 0 Å². The van der Waals surface area contributed by atoms with E-state index in [9.17, 15) is 14.7 Å². The zero-order valence-electron chi connectivity index (χ0n) is 16.1. The normalized spacial score (nSPS) is 52.0. The van der Waals surface area contributed by atoms with Crippen LogP contribution in [0.5, 0.6) is 0 Å². The summed E-state index contributed by atoms with van der Waals surface area (Å²) in [6.45, 7) is 8.40. The van der Waals surface area contributed by atoms with E-state index >= 15 is 0 Å². The number of hydrogen-bond acceptors (Lipinski definition) is 3. The van der Waals surface area contributed by atoms with Gasteiger partial charge in [-0.2, -0.15) is 0 Å². The molecular formula is C22H32O3. The van der Waals surface area contributed by atoms with Gasteiger partial charge in [0, 0.05) is 11.8 Å². The number of ketones is 2. The Kier molecular flexibility index (Phi) is 3.69. The van der Waals surface area contributed by atoms with E-state index in [2.05, 4.69) is 20.8 Å². The number of aliphatic hydroxyl groups is 1. The fraction of sp³-hybridized carbons (Fsp3) is 0.818. The van der Waals surface area contributed by atoms with Gasteiger partial charge in [-0.3, -0.25) is 9.59 Å². The summed E-state index contributed by atoms with van der Waals surface area (Å²) in [6, 6.07) is 0. The molecule has 4 aliphatic carbocycles. The molecule has 0 aromatic rings. The van der Waals surface area contributed by atoms with Crippen molar-refractivity contribution in [2.24, 2.45) is 34.5 Å². The van der Waals surface area contributed by atoms with Crippen molar-refractivity contribution < 1.29 is 14.7 Å². The standard InChI is InChI=1S/C22H32O3/c1-13-11-16-17(20(3)8-5-15(24)12-19(13)20)6-9-21(4)18(16)7-10-22(21,25)14(2)23/h12-13,16-18,25H,5-11H2,1-4H3/t13?,16-,17-,18-,20+,21-,22+/m0/s1. The lowest BCUT2D eigenvalue weighted by Gasteiger charge is -2.60. The molecule has 0 aromatic heterocycles. The summed E-state index contributed by atoms with van der Waals surface area (Å²) in [5.74, 6) is 2.27. The Labute approximate surface area is 151 Å². The third kappa shape index (κ3) is 2.08. The second-order valence-corrected chi connectivity index (χ2v) is 9.91. The molecule has 0 aromatic carbocycles. The van der Waals surface area contributed by atoms with E-state index in [0.717, 1.165) is 32.1 Å². The summed E-state index contributed by atoms with van der Waals surface area (Å²) >= 11 is 0. The van der Waals surface area contributed by atoms with Crippen molar-refractivity contribution in [1.82, 2.24) is 0 Å². The van der Waals surface area contributed by atoms with Crippen LogP contribution in [0.3, 0.4) is 0 Å². The molecule has 25 heavy (non-hydrogen) atoms. The molecule has 0 bridgehead atoms. The minimum atomic E-state index is -1.13. The van der Waals surface area contributed by atoms with Crippen LogP contribution in [0.4, 0.5) is 0 Å². The fourth-order valence-electron chi connectivity index (χ4n) is 7.58. The predicted molar refractivity (Wildman–Crippen MR) is 96.9 cm³/mol. The summed E-state index contributed by atoms with van der Waals surface area (Å²) in [6.07, 6.45) is 8.31. The molecule has 3 heteroatoms. The first-order chi connectivity index (χ1) is 11.6. The highest BCUT2D eigenvalue weighted by atomic mass is 16.3. The molecule has 1 N–H and O–H groups in total. The van der Waals surface area contributed by atoms with E-state index in [1.165, 1.54) is 5.57 Å². The van der Waals surface area contributed by atoms with Crippen molar-refractivity contribution in [3.63, 3.8) is 0 Å². The minimum absolute atomic E-state index is 0.0464. The first-order valence-electron chi connectivity index (χ1n) is 10.1. The van der Waals surface area contributed by atoms with E-state index in [1.807, 2.05) is 6.08 Å². The van der Waals surface area contributed by atoms with Gasteiger partial charge in [-0.15, -0.1) is 0 Å². The lowest BCUT2D eigenvalue weighted by atomic mass is 9.45. The zero-order chi connectivity index (χ0) is 18.2. The molecule has 3 saturated carbocycles. The minimum Gasteiger partial charge on any atom is -0.382 e. The summed E-state index contributed by atoms with van der Waals surface area (Å²) in [4.78, 5) is 24.3. The molecule has 7 atom stereocenters. The first-order valence-corrected chi connectivity index (χ1v) is 10.1. The summed E-state index contributed by atoms with van der Waals surface area (Å²) < 4.78 is 0. The Balaban J connectivity index is 1.73. The molecule has 3 nitrogen and oxygen atoms in total. The van der Waals surface area contributed by atoms with E-state index in [0.29, 0.717) is 42.3 Å². The molecule has 0 saturated heterocycles. The Bertz CT molecular complexity index is 664. The number of carbonyl (C=O) groups is 2. The second kappa shape index (κ2) is 5.28. The number of fused-ring (bicyclic) bond motifs is 5. The highest BCUT2D eigenvalue weighted by Gasteiger charge is 2.66. The molecule has 0 aliphatic heterocycles. The summed E-state index contributed by atoms with van der Waals surface area (Å²) in [5.41, 5.74) is 0.107. The molecule has 0 heterocycles. The van der Waals surface area contributed by atoms with Gasteiger partial charge in [-0.25, -0.2) is 0 Å². The number of allylic oxidation sites excluding steroid dienone is 1.